The predicted molar refractivity (Wildman–Crippen MR) is 123 cm³/mol. The van der Waals surface area contributed by atoms with Gasteiger partial charge >= 0.3 is 34.5 Å². The molecule has 0 fully saturated rings. The molecule has 160 valence electrons. The summed E-state index contributed by atoms with van der Waals surface area (Å²) in [7, 11) is 13.7. The van der Waals surface area contributed by atoms with Crippen LogP contribution in [0, 0.1) is 13.8 Å². The number of para-hydroxylation sites is 2. The summed E-state index contributed by atoms with van der Waals surface area (Å²) in [5, 5.41) is 0. The molecule has 0 amide bonds. The van der Waals surface area contributed by atoms with Gasteiger partial charge in [-0.15, -0.1) is 0 Å². The van der Waals surface area contributed by atoms with Crippen molar-refractivity contribution in [3.05, 3.63) is 105 Å². The molecule has 6 nitrogen and oxygen atoms in total. The Labute approximate surface area is 196 Å². The maximum absolute atomic E-state index is 11.6. The van der Waals surface area contributed by atoms with Gasteiger partial charge in [0, 0.05) is 37.6 Å². The summed E-state index contributed by atoms with van der Waals surface area (Å²) in [5.74, 6) is 0. The number of hydrogen-bond donors (Lipinski definition) is 0. The number of nitrogens with zero attached hydrogens (tertiary/aromatic N) is 4. The molecular formula is C22H24Cl2N4O2Zn. The number of halogens is 2. The zero-order valence-corrected chi connectivity index (χ0v) is 22.5. The van der Waals surface area contributed by atoms with Crippen LogP contribution in [0.4, 0.5) is 0 Å². The summed E-state index contributed by atoms with van der Waals surface area (Å²) in [6.07, 6.45) is 0. The van der Waals surface area contributed by atoms with Crippen molar-refractivity contribution in [3.63, 3.8) is 0 Å². The average molecular weight is 513 g/mol. The number of benzene rings is 2. The number of rotatable bonds is 2. The molecule has 4 rings (SSSR count). The van der Waals surface area contributed by atoms with Crippen LogP contribution in [0.5, 0.6) is 0 Å². The Morgan fingerprint density at radius 3 is 1.16 bits per heavy atom. The van der Waals surface area contributed by atoms with Gasteiger partial charge in [-0.2, -0.15) is 0 Å². The van der Waals surface area contributed by atoms with Crippen LogP contribution in [-0.4, -0.2) is 18.7 Å². The molecule has 0 spiro atoms. The van der Waals surface area contributed by atoms with Crippen LogP contribution in [0.15, 0.2) is 82.4 Å². The summed E-state index contributed by atoms with van der Waals surface area (Å²) >= 11 is -0.931. The van der Waals surface area contributed by atoms with E-state index in [2.05, 4.69) is 0 Å². The van der Waals surface area contributed by atoms with Crippen LogP contribution < -0.4 is 11.1 Å². The quantitative estimate of drug-likeness (QED) is 0.375. The molecule has 9 heteroatoms. The fraction of sp³-hybridized carbons (Fsp3) is 0.182. The van der Waals surface area contributed by atoms with Crippen LogP contribution in [0.1, 0.15) is 11.4 Å². The van der Waals surface area contributed by atoms with Gasteiger partial charge < -0.3 is 0 Å². The topological polar surface area (TPSA) is 53.9 Å². The maximum atomic E-state index is 11.6. The summed E-state index contributed by atoms with van der Waals surface area (Å²) in [6.45, 7) is 3.84. The molecule has 0 radical (unpaired) electrons. The molecule has 2 aromatic carbocycles. The van der Waals surface area contributed by atoms with Crippen molar-refractivity contribution >= 4 is 19.4 Å². The molecule has 0 saturated carbocycles. The van der Waals surface area contributed by atoms with Crippen molar-refractivity contribution in [2.24, 2.45) is 14.1 Å². The van der Waals surface area contributed by atoms with E-state index in [1.807, 2.05) is 98.0 Å². The number of hydrogen-bond acceptors (Lipinski definition) is 2. The van der Waals surface area contributed by atoms with Crippen molar-refractivity contribution in [3.8, 4) is 11.4 Å². The van der Waals surface area contributed by atoms with Gasteiger partial charge in [0.2, 0.25) is 0 Å². The monoisotopic (exact) mass is 510 g/mol. The van der Waals surface area contributed by atoms with E-state index in [-0.39, 0.29) is 11.1 Å². The molecule has 0 aliphatic heterocycles. The molecule has 2 heterocycles. The van der Waals surface area contributed by atoms with E-state index in [4.69, 9.17) is 19.4 Å². The standard InChI is InChI=1S/2C11H12N2O.2ClH.Zn/c2*1-9-8-11(14)13(12(9)2)10-6-4-3-5-7-10;;;/h2*3-8H,1-2H3;2*1H;/q;;;;+2/p-2. The third kappa shape index (κ3) is 6.33. The summed E-state index contributed by atoms with van der Waals surface area (Å²) < 4.78 is 6.99. The van der Waals surface area contributed by atoms with Gasteiger partial charge in [-0.1, -0.05) is 36.4 Å². The molecule has 0 saturated heterocycles. The Kier molecular flexibility index (Phi) is 9.56. The molecule has 0 bridgehead atoms. The van der Waals surface area contributed by atoms with Gasteiger partial charge in [0.25, 0.3) is 11.1 Å². The molecule has 4 aromatic rings. The fourth-order valence-electron chi connectivity index (χ4n) is 3.02. The number of aromatic nitrogens is 4. The van der Waals surface area contributed by atoms with Crippen molar-refractivity contribution in [1.29, 1.82) is 0 Å². The van der Waals surface area contributed by atoms with E-state index in [0.29, 0.717) is 0 Å². The third-order valence-corrected chi connectivity index (χ3v) is 4.70. The van der Waals surface area contributed by atoms with Crippen LogP contribution in [0.3, 0.4) is 0 Å². The first-order valence-electron chi connectivity index (χ1n) is 9.55. The van der Waals surface area contributed by atoms with E-state index in [1.165, 1.54) is 0 Å². The Balaban J connectivity index is 0.000000196. The first-order valence-corrected chi connectivity index (χ1v) is 17.4. The van der Waals surface area contributed by atoms with Crippen molar-refractivity contribution in [2.75, 3.05) is 0 Å². The molecule has 0 N–H and O–H groups in total. The normalized spacial score (nSPS) is 9.74. The average Bonchev–Trinajstić information content (AvgIpc) is 3.16. The summed E-state index contributed by atoms with van der Waals surface area (Å²) in [4.78, 5) is 23.2. The number of aryl methyl sites for hydroxylation is 2. The summed E-state index contributed by atoms with van der Waals surface area (Å²) in [5.41, 5.74) is 3.73. The molecule has 0 unspecified atom stereocenters. The van der Waals surface area contributed by atoms with E-state index in [0.717, 1.165) is 22.8 Å². The van der Waals surface area contributed by atoms with E-state index >= 15 is 0 Å². The van der Waals surface area contributed by atoms with Gasteiger partial charge in [0.05, 0.1) is 11.4 Å². The van der Waals surface area contributed by atoms with Gasteiger partial charge in [0.1, 0.15) is 0 Å². The van der Waals surface area contributed by atoms with E-state index in [1.54, 1.807) is 21.5 Å². The minimum absolute atomic E-state index is 0.0104. The molecule has 0 aliphatic rings. The van der Waals surface area contributed by atoms with Gasteiger partial charge in [-0.3, -0.25) is 19.0 Å². The van der Waals surface area contributed by atoms with Gasteiger partial charge in [-0.05, 0) is 38.1 Å². The molecule has 2 aromatic heterocycles. The molecular weight excluding hydrogens is 489 g/mol. The van der Waals surface area contributed by atoms with E-state index < -0.39 is 15.1 Å². The second-order valence-corrected chi connectivity index (χ2v) is 11.3. The Morgan fingerprint density at radius 1 is 0.645 bits per heavy atom. The Hall–Kier alpha value is -2.34. The van der Waals surface area contributed by atoms with Crippen LogP contribution in [-0.2, 0) is 29.2 Å². The van der Waals surface area contributed by atoms with E-state index in [9.17, 15) is 9.59 Å². The van der Waals surface area contributed by atoms with Crippen LogP contribution >= 0.6 is 19.4 Å². The minimum atomic E-state index is -0.931. The molecule has 0 atom stereocenters. The second-order valence-electron chi connectivity index (χ2n) is 6.69. The zero-order chi connectivity index (χ0) is 23.0. The molecule has 0 aliphatic carbocycles. The third-order valence-electron chi connectivity index (χ3n) is 4.70. The van der Waals surface area contributed by atoms with Gasteiger partial charge in [-0.25, -0.2) is 9.36 Å². The summed E-state index contributed by atoms with van der Waals surface area (Å²) in [6, 6.07) is 22.5. The van der Waals surface area contributed by atoms with Crippen molar-refractivity contribution in [1.82, 2.24) is 18.7 Å². The van der Waals surface area contributed by atoms with Crippen molar-refractivity contribution < 1.29 is 15.1 Å². The Morgan fingerprint density at radius 2 is 0.935 bits per heavy atom. The Bertz CT molecular complexity index is 1120. The first kappa shape index (κ1) is 24.9. The fourth-order valence-corrected chi connectivity index (χ4v) is 3.02. The first-order chi connectivity index (χ1) is 14.8. The van der Waals surface area contributed by atoms with Crippen molar-refractivity contribution in [2.45, 2.75) is 13.8 Å². The van der Waals surface area contributed by atoms with Crippen LogP contribution in [0.25, 0.3) is 11.4 Å². The molecule has 31 heavy (non-hydrogen) atoms. The second kappa shape index (κ2) is 11.9. The SMILES string of the molecule is Cc1cc(=O)n(-c2ccccc2)n1C.Cc1cc(=O)n(-c2ccccc2)n1C.[Cl][Zn][Cl]. The predicted octanol–water partition coefficient (Wildman–Crippen LogP) is 4.35. The zero-order valence-electron chi connectivity index (χ0n) is 18.0. The van der Waals surface area contributed by atoms with Gasteiger partial charge in [0.15, 0.2) is 0 Å². The van der Waals surface area contributed by atoms with Crippen LogP contribution in [0.2, 0.25) is 0 Å².